The third-order valence-electron chi connectivity index (χ3n) is 1.53. The summed E-state index contributed by atoms with van der Waals surface area (Å²) < 4.78 is 25.1. The summed E-state index contributed by atoms with van der Waals surface area (Å²) in [4.78, 5) is 3.78. The fourth-order valence-electron chi connectivity index (χ4n) is 0.909. The van der Waals surface area contributed by atoms with Crippen molar-refractivity contribution < 1.29 is 8.78 Å². The molecule has 0 saturated carbocycles. The van der Waals surface area contributed by atoms with E-state index in [0.717, 1.165) is 6.07 Å². The topological polar surface area (TPSA) is 36.7 Å². The molecule has 0 unspecified atom stereocenters. The van der Waals surface area contributed by atoms with Crippen molar-refractivity contribution in [1.82, 2.24) is 4.98 Å². The molecule has 1 heterocycles. The largest absolute Gasteiger partial charge is 0.265 e. The maximum atomic E-state index is 12.5. The van der Waals surface area contributed by atoms with Gasteiger partial charge in [0.2, 0.25) is 0 Å². The van der Waals surface area contributed by atoms with Crippen molar-refractivity contribution in [2.75, 3.05) is 0 Å². The second kappa shape index (κ2) is 4.67. The van der Waals surface area contributed by atoms with Gasteiger partial charge in [0.05, 0.1) is 11.6 Å². The number of rotatable bonds is 2. The molecule has 1 rings (SSSR count). The summed E-state index contributed by atoms with van der Waals surface area (Å²) in [7, 11) is 0. The molecule has 0 aromatic carbocycles. The molecule has 0 N–H and O–H groups in total. The molecule has 0 aliphatic carbocycles. The summed E-state index contributed by atoms with van der Waals surface area (Å²) in [5, 5.41) is 8.54. The first kappa shape index (κ1) is 11.3. The minimum absolute atomic E-state index is 0.0180. The number of pyridine rings is 1. The summed E-state index contributed by atoms with van der Waals surface area (Å²) in [6.45, 7) is 0. The Kier molecular flexibility index (Phi) is 3.78. The molecule has 0 saturated heterocycles. The van der Waals surface area contributed by atoms with Crippen molar-refractivity contribution in [3.05, 3.63) is 27.5 Å². The number of aromatic nitrogens is 1. The van der Waals surface area contributed by atoms with Crippen LogP contribution in [0.1, 0.15) is 23.4 Å². The summed E-state index contributed by atoms with van der Waals surface area (Å²) in [6.07, 6.45) is -2.65. The van der Waals surface area contributed by atoms with E-state index in [4.69, 9.17) is 16.9 Å². The molecule has 0 amide bonds. The Hall–Kier alpha value is -0.730. The molecule has 0 spiro atoms. The number of alkyl halides is 3. The van der Waals surface area contributed by atoms with E-state index in [1.807, 2.05) is 0 Å². The van der Waals surface area contributed by atoms with E-state index in [-0.39, 0.29) is 27.3 Å². The van der Waals surface area contributed by atoms with Crippen LogP contribution < -0.4 is 0 Å². The maximum Gasteiger partial charge on any atom is 0.265 e. The molecule has 0 bridgehead atoms. The average molecular weight is 281 g/mol. The van der Waals surface area contributed by atoms with E-state index in [2.05, 4.69) is 20.9 Å². The minimum Gasteiger partial charge on any atom is -0.240 e. The molecule has 14 heavy (non-hydrogen) atoms. The SMILES string of the molecule is N#Cc1cc(C(F)F)c(Br)c(CCl)n1. The van der Waals surface area contributed by atoms with Crippen LogP contribution in [0.3, 0.4) is 0 Å². The van der Waals surface area contributed by atoms with E-state index in [1.165, 1.54) is 0 Å². The van der Waals surface area contributed by atoms with Gasteiger partial charge < -0.3 is 0 Å². The Balaban J connectivity index is 3.36. The molecule has 0 aliphatic rings. The Morgan fingerprint density at radius 2 is 2.29 bits per heavy atom. The predicted molar refractivity (Wildman–Crippen MR) is 51.2 cm³/mol. The van der Waals surface area contributed by atoms with E-state index < -0.39 is 6.43 Å². The zero-order chi connectivity index (χ0) is 10.7. The molecular weight excluding hydrogens is 277 g/mol. The van der Waals surface area contributed by atoms with E-state index in [9.17, 15) is 8.78 Å². The fourth-order valence-corrected chi connectivity index (χ4v) is 1.78. The van der Waals surface area contributed by atoms with Crippen molar-refractivity contribution in [2.45, 2.75) is 12.3 Å². The molecule has 2 nitrogen and oxygen atoms in total. The van der Waals surface area contributed by atoms with E-state index >= 15 is 0 Å². The summed E-state index contributed by atoms with van der Waals surface area (Å²) >= 11 is 8.46. The quantitative estimate of drug-likeness (QED) is 0.779. The number of hydrogen-bond donors (Lipinski definition) is 0. The van der Waals surface area contributed by atoms with Crippen LogP contribution in [-0.2, 0) is 5.88 Å². The molecule has 0 aliphatic heterocycles. The number of nitriles is 1. The highest BCUT2D eigenvalue weighted by molar-refractivity contribution is 9.10. The van der Waals surface area contributed by atoms with Crippen LogP contribution in [-0.4, -0.2) is 4.98 Å². The fraction of sp³-hybridized carbons (Fsp3) is 0.250. The monoisotopic (exact) mass is 280 g/mol. The summed E-state index contributed by atoms with van der Waals surface area (Å²) in [6, 6.07) is 2.75. The second-order valence-corrected chi connectivity index (χ2v) is 3.46. The molecule has 6 heteroatoms. The Morgan fingerprint density at radius 3 is 2.71 bits per heavy atom. The van der Waals surface area contributed by atoms with Crippen LogP contribution in [0.2, 0.25) is 0 Å². The standard InChI is InChI=1S/C8H4BrClF2N2/c9-7-5(8(11)12)1-4(3-13)14-6(7)2-10/h1,8H,2H2. The van der Waals surface area contributed by atoms with Gasteiger partial charge in [-0.1, -0.05) is 0 Å². The van der Waals surface area contributed by atoms with Gasteiger partial charge in [-0.05, 0) is 22.0 Å². The maximum absolute atomic E-state index is 12.5. The lowest BCUT2D eigenvalue weighted by molar-refractivity contribution is 0.150. The Bertz CT molecular complexity index is 390. The van der Waals surface area contributed by atoms with Gasteiger partial charge in [0.25, 0.3) is 6.43 Å². The van der Waals surface area contributed by atoms with Gasteiger partial charge in [0.15, 0.2) is 0 Å². The molecular formula is C8H4BrClF2N2. The normalized spacial score (nSPS) is 10.3. The van der Waals surface area contributed by atoms with Crippen molar-refractivity contribution in [3.63, 3.8) is 0 Å². The third-order valence-corrected chi connectivity index (χ3v) is 2.70. The van der Waals surface area contributed by atoms with Crippen molar-refractivity contribution in [1.29, 1.82) is 5.26 Å². The van der Waals surface area contributed by atoms with Crippen LogP contribution in [0, 0.1) is 11.3 Å². The summed E-state index contributed by atoms with van der Waals surface area (Å²) in [5.74, 6) is -0.0180. The highest BCUT2D eigenvalue weighted by Gasteiger charge is 2.16. The van der Waals surface area contributed by atoms with Crippen molar-refractivity contribution in [3.8, 4) is 6.07 Å². The van der Waals surface area contributed by atoms with E-state index in [1.54, 1.807) is 6.07 Å². The second-order valence-electron chi connectivity index (χ2n) is 2.40. The lowest BCUT2D eigenvalue weighted by Crippen LogP contribution is -1.98. The predicted octanol–water partition coefficient (Wildman–Crippen LogP) is 3.39. The van der Waals surface area contributed by atoms with Crippen molar-refractivity contribution >= 4 is 27.5 Å². The smallest absolute Gasteiger partial charge is 0.240 e. The van der Waals surface area contributed by atoms with Crippen molar-refractivity contribution in [2.24, 2.45) is 0 Å². The molecule has 74 valence electrons. The molecule has 0 radical (unpaired) electrons. The first-order chi connectivity index (χ1) is 6.60. The van der Waals surface area contributed by atoms with Gasteiger partial charge in [0.1, 0.15) is 11.8 Å². The summed E-state index contributed by atoms with van der Waals surface area (Å²) in [5.41, 5.74) is -0.0626. The van der Waals surface area contributed by atoms with E-state index in [0.29, 0.717) is 0 Å². The molecule has 0 atom stereocenters. The molecule has 1 aromatic heterocycles. The van der Waals surface area contributed by atoms with Crippen LogP contribution >= 0.6 is 27.5 Å². The number of hydrogen-bond acceptors (Lipinski definition) is 2. The first-order valence-electron chi connectivity index (χ1n) is 3.53. The minimum atomic E-state index is -2.65. The zero-order valence-corrected chi connectivity index (χ0v) is 9.11. The third kappa shape index (κ3) is 2.20. The highest BCUT2D eigenvalue weighted by atomic mass is 79.9. The average Bonchev–Trinajstić information content (AvgIpc) is 2.17. The number of nitrogens with zero attached hydrogens (tertiary/aromatic N) is 2. The van der Waals surface area contributed by atoms with Gasteiger partial charge in [-0.25, -0.2) is 13.8 Å². The first-order valence-corrected chi connectivity index (χ1v) is 4.86. The Morgan fingerprint density at radius 1 is 1.64 bits per heavy atom. The zero-order valence-electron chi connectivity index (χ0n) is 6.77. The van der Waals surface area contributed by atoms with Gasteiger partial charge >= 0.3 is 0 Å². The molecule has 0 fully saturated rings. The van der Waals surface area contributed by atoms with Crippen LogP contribution in [0.25, 0.3) is 0 Å². The number of halogens is 4. The van der Waals surface area contributed by atoms with Crippen LogP contribution in [0.5, 0.6) is 0 Å². The van der Waals surface area contributed by atoms with Gasteiger partial charge in [-0.15, -0.1) is 11.6 Å². The highest BCUT2D eigenvalue weighted by Crippen LogP contribution is 2.30. The van der Waals surface area contributed by atoms with Gasteiger partial charge in [-0.3, -0.25) is 0 Å². The lowest BCUT2D eigenvalue weighted by atomic mass is 10.2. The lowest BCUT2D eigenvalue weighted by Gasteiger charge is -2.06. The van der Waals surface area contributed by atoms with Gasteiger partial charge in [-0.2, -0.15) is 5.26 Å². The van der Waals surface area contributed by atoms with Gasteiger partial charge in [0, 0.05) is 10.0 Å². The Labute approximate surface area is 92.6 Å². The van der Waals surface area contributed by atoms with Crippen LogP contribution in [0.15, 0.2) is 10.5 Å². The van der Waals surface area contributed by atoms with Crippen LogP contribution in [0.4, 0.5) is 8.78 Å². The molecule has 1 aromatic rings.